The van der Waals surface area contributed by atoms with E-state index in [4.69, 9.17) is 9.90 Å². The molecule has 0 aromatic rings. The van der Waals surface area contributed by atoms with Gasteiger partial charge in [-0.25, -0.2) is 4.89 Å². The summed E-state index contributed by atoms with van der Waals surface area (Å²) in [7, 11) is -1.44. The molecule has 0 saturated carbocycles. The summed E-state index contributed by atoms with van der Waals surface area (Å²) in [6.07, 6.45) is 10.6. The predicted molar refractivity (Wildman–Crippen MR) is 79.6 cm³/mol. The normalized spacial score (nSPS) is 11.4. The minimum absolute atomic E-state index is 0.308. The van der Waals surface area contributed by atoms with Gasteiger partial charge < -0.3 is 9.90 Å². The first-order valence-corrected chi connectivity index (χ1v) is 8.76. The maximum atomic E-state index is 10.3. The third kappa shape index (κ3) is 17.5. The third-order valence-corrected chi connectivity index (χ3v) is 3.31. The van der Waals surface area contributed by atoms with Crippen molar-refractivity contribution >= 4 is 16.0 Å². The maximum Gasteiger partial charge on any atom is 0.342 e. The molecular weight excluding hydrogens is 278 g/mol. The van der Waals surface area contributed by atoms with Crippen LogP contribution in [0.15, 0.2) is 0 Å². The number of carboxylic acids is 1. The van der Waals surface area contributed by atoms with Crippen LogP contribution < -0.4 is 5.32 Å². The summed E-state index contributed by atoms with van der Waals surface area (Å²) in [5.41, 5.74) is 0. The van der Waals surface area contributed by atoms with E-state index >= 15 is 0 Å². The van der Waals surface area contributed by atoms with Crippen molar-refractivity contribution in [2.24, 2.45) is 0 Å². The van der Waals surface area contributed by atoms with Crippen molar-refractivity contribution in [3.05, 3.63) is 0 Å². The molecule has 0 amide bonds. The minimum atomic E-state index is -1.44. The molecule has 0 saturated heterocycles. The minimum Gasteiger partial charge on any atom is -0.481 e. The molecule has 0 spiro atoms. The van der Waals surface area contributed by atoms with Gasteiger partial charge in [-0.2, -0.15) is 0 Å². The fourth-order valence-corrected chi connectivity index (χ4v) is 2.11. The average molecular weight is 307 g/mol. The number of carboxylic acid groups (broad SMARTS) is 1. The average Bonchev–Trinajstić information content (AvgIpc) is 2.43. The molecule has 0 aromatic carbocycles. The zero-order chi connectivity index (χ0) is 14.9. The highest BCUT2D eigenvalue weighted by Crippen LogP contribution is 2.10. The van der Waals surface area contributed by atoms with Crippen LogP contribution in [0.2, 0.25) is 0 Å². The van der Waals surface area contributed by atoms with Crippen LogP contribution in [-0.2, 0) is 14.3 Å². The van der Waals surface area contributed by atoms with Crippen LogP contribution in [0.1, 0.15) is 64.2 Å². The molecule has 0 fully saturated rings. The van der Waals surface area contributed by atoms with E-state index < -0.39 is 16.0 Å². The van der Waals surface area contributed by atoms with Crippen molar-refractivity contribution in [2.45, 2.75) is 64.2 Å². The van der Waals surface area contributed by atoms with E-state index in [1.807, 2.05) is 0 Å². The lowest BCUT2D eigenvalue weighted by molar-refractivity contribution is -0.221. The van der Waals surface area contributed by atoms with Crippen molar-refractivity contribution < 1.29 is 24.2 Å². The van der Waals surface area contributed by atoms with Crippen molar-refractivity contribution in [3.8, 4) is 0 Å². The summed E-state index contributed by atoms with van der Waals surface area (Å²) < 4.78 is 4.45. The van der Waals surface area contributed by atoms with Crippen molar-refractivity contribution in [2.75, 3.05) is 13.3 Å². The second kappa shape index (κ2) is 16.6. The van der Waals surface area contributed by atoms with Gasteiger partial charge in [0, 0.05) is 6.42 Å². The van der Waals surface area contributed by atoms with E-state index in [9.17, 15) is 4.79 Å². The van der Waals surface area contributed by atoms with Gasteiger partial charge in [0.25, 0.3) is 0 Å². The number of unbranched alkanes of at least 4 members (excludes halogenated alkanes) is 8. The molecule has 0 bridgehead atoms. The Morgan fingerprint density at radius 2 is 1.50 bits per heavy atom. The number of carbonyl (C=O) groups is 1. The summed E-state index contributed by atoms with van der Waals surface area (Å²) in [6.45, 7) is 1.25. The SMILES string of the molecule is O=C(O)CCCCCCCCCCCNCOO[SiH2]O. The first-order chi connectivity index (χ1) is 9.77. The Labute approximate surface area is 123 Å². The molecular formula is C13H29NO5Si. The molecule has 0 radical (unpaired) electrons. The maximum absolute atomic E-state index is 10.3. The van der Waals surface area contributed by atoms with Gasteiger partial charge in [0.2, 0.25) is 0 Å². The van der Waals surface area contributed by atoms with Crippen LogP contribution in [-0.4, -0.2) is 39.2 Å². The van der Waals surface area contributed by atoms with Gasteiger partial charge in [-0.3, -0.25) is 14.7 Å². The lowest BCUT2D eigenvalue weighted by Gasteiger charge is -2.04. The molecule has 0 heterocycles. The van der Waals surface area contributed by atoms with E-state index in [0.717, 1.165) is 32.2 Å². The lowest BCUT2D eigenvalue weighted by Crippen LogP contribution is -2.19. The monoisotopic (exact) mass is 307 g/mol. The van der Waals surface area contributed by atoms with Crippen LogP contribution in [0.25, 0.3) is 0 Å². The highest BCUT2D eigenvalue weighted by atomic mass is 28.2. The Hall–Kier alpha value is -0.473. The fourth-order valence-electron chi connectivity index (χ4n) is 1.96. The van der Waals surface area contributed by atoms with Gasteiger partial charge in [-0.15, -0.1) is 0 Å². The zero-order valence-corrected chi connectivity index (χ0v) is 13.7. The molecule has 0 aliphatic carbocycles. The van der Waals surface area contributed by atoms with Gasteiger partial charge in [0.05, 0.1) is 0 Å². The Morgan fingerprint density at radius 3 is 2.05 bits per heavy atom. The Kier molecular flexibility index (Phi) is 16.2. The molecule has 0 aromatic heterocycles. The molecule has 0 atom stereocenters. The molecule has 7 heteroatoms. The van der Waals surface area contributed by atoms with Gasteiger partial charge in [0.15, 0.2) is 0 Å². The zero-order valence-electron chi connectivity index (χ0n) is 12.3. The van der Waals surface area contributed by atoms with Gasteiger partial charge in [0.1, 0.15) is 6.73 Å². The molecule has 0 aliphatic heterocycles. The summed E-state index contributed by atoms with van der Waals surface area (Å²) >= 11 is 0. The second-order valence-corrected chi connectivity index (χ2v) is 5.33. The molecule has 0 aliphatic rings. The topological polar surface area (TPSA) is 88.0 Å². The number of hydrogen-bond donors (Lipinski definition) is 3. The van der Waals surface area contributed by atoms with Gasteiger partial charge in [-0.1, -0.05) is 44.9 Å². The first-order valence-electron chi connectivity index (χ1n) is 7.55. The van der Waals surface area contributed by atoms with Crippen LogP contribution in [0, 0.1) is 0 Å². The Morgan fingerprint density at radius 1 is 0.950 bits per heavy atom. The van der Waals surface area contributed by atoms with Crippen LogP contribution >= 0.6 is 0 Å². The molecule has 20 heavy (non-hydrogen) atoms. The van der Waals surface area contributed by atoms with E-state index in [0.29, 0.717) is 13.2 Å². The van der Waals surface area contributed by atoms with Gasteiger partial charge in [-0.05, 0) is 19.4 Å². The smallest absolute Gasteiger partial charge is 0.342 e. The number of aliphatic carboxylic acids is 1. The third-order valence-electron chi connectivity index (χ3n) is 3.04. The molecule has 6 nitrogen and oxygen atoms in total. The summed E-state index contributed by atoms with van der Waals surface area (Å²) in [4.78, 5) is 23.4. The van der Waals surface area contributed by atoms with Gasteiger partial charge >= 0.3 is 16.0 Å². The van der Waals surface area contributed by atoms with Crippen LogP contribution in [0.5, 0.6) is 0 Å². The lowest BCUT2D eigenvalue weighted by atomic mass is 10.1. The van der Waals surface area contributed by atoms with E-state index in [1.165, 1.54) is 32.1 Å². The summed E-state index contributed by atoms with van der Waals surface area (Å²) in [6, 6.07) is 0. The molecule has 120 valence electrons. The molecule has 0 rings (SSSR count). The summed E-state index contributed by atoms with van der Waals surface area (Å²) in [5, 5.41) is 11.6. The predicted octanol–water partition coefficient (Wildman–Crippen LogP) is 1.46. The first kappa shape index (κ1) is 19.5. The summed E-state index contributed by atoms with van der Waals surface area (Å²) in [5.74, 6) is -0.686. The van der Waals surface area contributed by atoms with E-state index in [2.05, 4.69) is 14.8 Å². The van der Waals surface area contributed by atoms with Crippen molar-refractivity contribution in [1.29, 1.82) is 0 Å². The highest BCUT2D eigenvalue weighted by molar-refractivity contribution is 6.15. The second-order valence-electron chi connectivity index (χ2n) is 4.83. The Balaban J connectivity index is 2.94. The molecule has 0 unspecified atom stereocenters. The van der Waals surface area contributed by atoms with Crippen molar-refractivity contribution in [3.63, 3.8) is 0 Å². The van der Waals surface area contributed by atoms with E-state index in [1.54, 1.807) is 0 Å². The standard InChI is InChI=1S/C13H29NO5Si/c15-13(16)10-8-6-4-2-1-3-5-7-9-11-14-12-18-19-20-17/h14,17H,1-12,20H2,(H,15,16). The quantitative estimate of drug-likeness (QED) is 0.132. The van der Waals surface area contributed by atoms with Crippen molar-refractivity contribution in [1.82, 2.24) is 5.32 Å². The number of nitrogens with one attached hydrogen (secondary N) is 1. The number of hydrogen-bond acceptors (Lipinski definition) is 5. The molecule has 3 N–H and O–H groups in total. The largest absolute Gasteiger partial charge is 0.481 e. The van der Waals surface area contributed by atoms with E-state index in [-0.39, 0.29) is 0 Å². The van der Waals surface area contributed by atoms with Crippen LogP contribution in [0.3, 0.4) is 0 Å². The Bertz CT molecular complexity index is 219. The van der Waals surface area contributed by atoms with Crippen LogP contribution in [0.4, 0.5) is 0 Å². The number of rotatable bonds is 16. The highest BCUT2D eigenvalue weighted by Gasteiger charge is 1.96. The fraction of sp³-hybridized carbons (Fsp3) is 0.923.